The summed E-state index contributed by atoms with van der Waals surface area (Å²) in [6.45, 7) is 5.27. The lowest BCUT2D eigenvalue weighted by Gasteiger charge is -2.13. The van der Waals surface area contributed by atoms with E-state index in [1.165, 1.54) is 0 Å². The fraction of sp³-hybridized carbons (Fsp3) is 0.467. The molecule has 0 saturated carbocycles. The van der Waals surface area contributed by atoms with Crippen LogP contribution >= 0.6 is 24.0 Å². The minimum absolute atomic E-state index is 0. The molecule has 2 saturated heterocycles. The van der Waals surface area contributed by atoms with Gasteiger partial charge in [-0.15, -0.1) is 12.4 Å². The van der Waals surface area contributed by atoms with Crippen LogP contribution in [0.1, 0.15) is 5.89 Å². The number of fused-ring (bicyclic) bond motifs is 1. The summed E-state index contributed by atoms with van der Waals surface area (Å²) in [4.78, 5) is 6.90. The van der Waals surface area contributed by atoms with Gasteiger partial charge in [0.15, 0.2) is 0 Å². The maximum absolute atomic E-state index is 5.89. The van der Waals surface area contributed by atoms with E-state index < -0.39 is 0 Å². The second-order valence-corrected chi connectivity index (χ2v) is 6.33. The Morgan fingerprint density at radius 2 is 1.86 bits per heavy atom. The third kappa shape index (κ3) is 3.13. The van der Waals surface area contributed by atoms with Crippen molar-refractivity contribution in [2.75, 3.05) is 26.2 Å². The molecule has 1 aromatic carbocycles. The van der Waals surface area contributed by atoms with Crippen LogP contribution in [0.3, 0.4) is 0 Å². The number of likely N-dealkylation sites (tertiary alicyclic amines) is 1. The minimum atomic E-state index is 0. The van der Waals surface area contributed by atoms with Crippen molar-refractivity contribution in [2.24, 2.45) is 11.8 Å². The van der Waals surface area contributed by atoms with Crippen molar-refractivity contribution in [3.8, 4) is 11.4 Å². The van der Waals surface area contributed by atoms with Crippen LogP contribution in [-0.2, 0) is 6.54 Å². The first-order chi connectivity index (χ1) is 10.3. The van der Waals surface area contributed by atoms with Gasteiger partial charge in [-0.25, -0.2) is 0 Å². The maximum Gasteiger partial charge on any atom is 0.241 e. The number of benzene rings is 1. The van der Waals surface area contributed by atoms with Gasteiger partial charge in [-0.3, -0.25) is 4.90 Å². The Hall–Kier alpha value is -1.14. The van der Waals surface area contributed by atoms with Gasteiger partial charge in [0.05, 0.1) is 6.54 Å². The Kier molecular flexibility index (Phi) is 4.68. The van der Waals surface area contributed by atoms with Crippen LogP contribution in [0.4, 0.5) is 0 Å². The molecule has 1 N–H and O–H groups in total. The number of hydrogen-bond acceptors (Lipinski definition) is 5. The molecule has 0 bridgehead atoms. The third-order valence-corrected chi connectivity index (χ3v) is 4.65. The second-order valence-electron chi connectivity index (χ2n) is 5.89. The molecule has 0 aliphatic carbocycles. The summed E-state index contributed by atoms with van der Waals surface area (Å²) >= 11 is 5.89. The number of aromatic nitrogens is 2. The summed E-state index contributed by atoms with van der Waals surface area (Å²) in [5.74, 6) is 2.88. The van der Waals surface area contributed by atoms with E-state index in [1.54, 1.807) is 0 Å². The van der Waals surface area contributed by atoms with Gasteiger partial charge < -0.3 is 9.84 Å². The van der Waals surface area contributed by atoms with Crippen molar-refractivity contribution in [3.05, 3.63) is 35.2 Å². The highest BCUT2D eigenvalue weighted by Gasteiger charge is 2.36. The van der Waals surface area contributed by atoms with Gasteiger partial charge in [0.1, 0.15) is 0 Å². The minimum Gasteiger partial charge on any atom is -0.338 e. The van der Waals surface area contributed by atoms with Gasteiger partial charge in [-0.2, -0.15) is 4.98 Å². The fourth-order valence-corrected chi connectivity index (χ4v) is 3.43. The zero-order chi connectivity index (χ0) is 14.2. The second kappa shape index (κ2) is 6.54. The van der Waals surface area contributed by atoms with E-state index in [0.717, 1.165) is 50.1 Å². The average Bonchev–Trinajstić information content (AvgIpc) is 3.16. The molecule has 3 heterocycles. The number of halogens is 2. The monoisotopic (exact) mass is 340 g/mol. The number of nitrogens with zero attached hydrogens (tertiary/aromatic N) is 3. The quantitative estimate of drug-likeness (QED) is 0.930. The summed E-state index contributed by atoms with van der Waals surface area (Å²) in [5, 5.41) is 8.22. The average molecular weight is 341 g/mol. The molecule has 0 radical (unpaired) electrons. The predicted octanol–water partition coefficient (Wildman–Crippen LogP) is 2.46. The van der Waals surface area contributed by atoms with Crippen molar-refractivity contribution in [2.45, 2.75) is 6.54 Å². The molecule has 1 aromatic heterocycles. The Bertz CT molecular complexity index is 619. The lowest BCUT2D eigenvalue weighted by Crippen LogP contribution is -2.25. The van der Waals surface area contributed by atoms with Gasteiger partial charge in [-0.1, -0.05) is 16.8 Å². The largest absolute Gasteiger partial charge is 0.338 e. The molecule has 2 fully saturated rings. The molecule has 0 unspecified atom stereocenters. The van der Waals surface area contributed by atoms with Gasteiger partial charge in [0.25, 0.3) is 0 Å². The Morgan fingerprint density at radius 1 is 1.18 bits per heavy atom. The molecule has 4 rings (SSSR count). The van der Waals surface area contributed by atoms with Crippen LogP contribution in [0.5, 0.6) is 0 Å². The first-order valence-electron chi connectivity index (χ1n) is 7.29. The lowest BCUT2D eigenvalue weighted by molar-refractivity contribution is 0.253. The molecule has 0 spiro atoms. The molecule has 2 aromatic rings. The highest BCUT2D eigenvalue weighted by molar-refractivity contribution is 6.30. The molecule has 2 aliphatic rings. The Morgan fingerprint density at radius 3 is 2.55 bits per heavy atom. The normalized spacial score (nSPS) is 24.2. The SMILES string of the molecule is Cl.Clc1ccc(-c2noc(CN3C[C@H]4CNC[C@H]4C3)n2)cc1. The van der Waals surface area contributed by atoms with Crippen LogP contribution in [0.2, 0.25) is 5.02 Å². The standard InChI is InChI=1S/C15H17ClN4O.ClH/c16-13-3-1-10(2-4-13)15-18-14(21-19-15)9-20-7-11-5-17-6-12(11)8-20;/h1-4,11-12,17H,5-9H2;1H/t11-,12+;. The van der Waals surface area contributed by atoms with E-state index in [2.05, 4.69) is 20.4 Å². The van der Waals surface area contributed by atoms with Crippen LogP contribution in [0.15, 0.2) is 28.8 Å². The van der Waals surface area contributed by atoms with Crippen molar-refractivity contribution < 1.29 is 4.52 Å². The zero-order valence-electron chi connectivity index (χ0n) is 12.0. The first-order valence-corrected chi connectivity index (χ1v) is 7.67. The molecule has 2 aliphatic heterocycles. The predicted molar refractivity (Wildman–Crippen MR) is 87.1 cm³/mol. The summed E-state index contributed by atoms with van der Waals surface area (Å²) in [5.41, 5.74) is 0.928. The van der Waals surface area contributed by atoms with E-state index in [1.807, 2.05) is 24.3 Å². The van der Waals surface area contributed by atoms with Gasteiger partial charge in [0, 0.05) is 23.7 Å². The molecule has 0 amide bonds. The van der Waals surface area contributed by atoms with Crippen molar-refractivity contribution in [3.63, 3.8) is 0 Å². The van der Waals surface area contributed by atoms with Gasteiger partial charge in [0.2, 0.25) is 11.7 Å². The number of hydrogen-bond donors (Lipinski definition) is 1. The lowest BCUT2D eigenvalue weighted by atomic mass is 10.0. The van der Waals surface area contributed by atoms with Crippen LogP contribution < -0.4 is 5.32 Å². The zero-order valence-corrected chi connectivity index (χ0v) is 13.6. The molecule has 7 heteroatoms. The molecule has 22 heavy (non-hydrogen) atoms. The summed E-state index contributed by atoms with van der Waals surface area (Å²) < 4.78 is 5.38. The van der Waals surface area contributed by atoms with Crippen LogP contribution in [-0.4, -0.2) is 41.2 Å². The first kappa shape index (κ1) is 15.7. The van der Waals surface area contributed by atoms with E-state index in [4.69, 9.17) is 16.1 Å². The van der Waals surface area contributed by atoms with Gasteiger partial charge in [-0.05, 0) is 49.2 Å². The van der Waals surface area contributed by atoms with Crippen LogP contribution in [0, 0.1) is 11.8 Å². The van der Waals surface area contributed by atoms with Crippen molar-refractivity contribution >= 4 is 24.0 Å². The summed E-state index contributed by atoms with van der Waals surface area (Å²) in [7, 11) is 0. The van der Waals surface area contributed by atoms with E-state index in [-0.39, 0.29) is 12.4 Å². The molecule has 2 atom stereocenters. The third-order valence-electron chi connectivity index (χ3n) is 4.39. The smallest absolute Gasteiger partial charge is 0.241 e. The number of rotatable bonds is 3. The van der Waals surface area contributed by atoms with Gasteiger partial charge >= 0.3 is 0 Å². The molecule has 5 nitrogen and oxygen atoms in total. The highest BCUT2D eigenvalue weighted by Crippen LogP contribution is 2.27. The summed E-state index contributed by atoms with van der Waals surface area (Å²) in [6, 6.07) is 7.48. The Labute approximate surface area is 140 Å². The molecular weight excluding hydrogens is 323 g/mol. The van der Waals surface area contributed by atoms with Crippen molar-refractivity contribution in [1.82, 2.24) is 20.4 Å². The van der Waals surface area contributed by atoms with Crippen LogP contribution in [0.25, 0.3) is 11.4 Å². The van der Waals surface area contributed by atoms with E-state index >= 15 is 0 Å². The topological polar surface area (TPSA) is 54.2 Å². The van der Waals surface area contributed by atoms with E-state index in [9.17, 15) is 0 Å². The van der Waals surface area contributed by atoms with E-state index in [0.29, 0.717) is 16.7 Å². The fourth-order valence-electron chi connectivity index (χ4n) is 3.31. The van der Waals surface area contributed by atoms with Crippen molar-refractivity contribution in [1.29, 1.82) is 0 Å². The highest BCUT2D eigenvalue weighted by atomic mass is 35.5. The Balaban J connectivity index is 0.00000144. The summed E-state index contributed by atoms with van der Waals surface area (Å²) in [6.07, 6.45) is 0. The molecule has 118 valence electrons. The maximum atomic E-state index is 5.89. The molecular formula is C15H18Cl2N4O. The number of nitrogens with one attached hydrogen (secondary N) is 1.